The number of aromatic amines is 1. The summed E-state index contributed by atoms with van der Waals surface area (Å²) in [7, 11) is 1.74. The van der Waals surface area contributed by atoms with Crippen LogP contribution in [0.3, 0.4) is 0 Å². The predicted molar refractivity (Wildman–Crippen MR) is 57.1 cm³/mol. The Morgan fingerprint density at radius 1 is 1.64 bits per heavy atom. The van der Waals surface area contributed by atoms with Gasteiger partial charge < -0.3 is 15.6 Å². The van der Waals surface area contributed by atoms with Crippen molar-refractivity contribution in [2.24, 2.45) is 5.73 Å². The van der Waals surface area contributed by atoms with E-state index in [0.717, 1.165) is 5.82 Å². The molecule has 1 heterocycles. The number of amides is 1. The summed E-state index contributed by atoms with van der Waals surface area (Å²) in [6, 6.07) is 3.70. The maximum Gasteiger partial charge on any atom is 0.229 e. The third kappa shape index (κ3) is 2.88. The molecule has 0 saturated heterocycles. The monoisotopic (exact) mass is 195 g/mol. The summed E-state index contributed by atoms with van der Waals surface area (Å²) >= 11 is 0. The van der Waals surface area contributed by atoms with E-state index in [4.69, 9.17) is 5.73 Å². The Balaban J connectivity index is 2.63. The van der Waals surface area contributed by atoms with Crippen LogP contribution >= 0.6 is 0 Å². The fourth-order valence-corrected chi connectivity index (χ4v) is 1.17. The molecule has 4 nitrogen and oxygen atoms in total. The highest BCUT2D eigenvalue weighted by Crippen LogP contribution is 2.12. The minimum absolute atomic E-state index is 0.0138. The fourth-order valence-electron chi connectivity index (χ4n) is 1.17. The zero-order chi connectivity index (χ0) is 10.8. The van der Waals surface area contributed by atoms with Crippen LogP contribution in [-0.4, -0.2) is 23.5 Å². The van der Waals surface area contributed by atoms with Gasteiger partial charge in [0.1, 0.15) is 5.82 Å². The second-order valence-electron chi connectivity index (χ2n) is 4.17. The minimum Gasteiger partial charge on any atom is -0.348 e. The van der Waals surface area contributed by atoms with Crippen LogP contribution in [0, 0.1) is 0 Å². The molecule has 1 amide bonds. The third-order valence-corrected chi connectivity index (χ3v) is 1.92. The normalized spacial score (nSPS) is 11.4. The van der Waals surface area contributed by atoms with E-state index in [1.54, 1.807) is 18.1 Å². The summed E-state index contributed by atoms with van der Waals surface area (Å²) in [5, 5.41) is 0. The number of anilines is 1. The number of hydrogen-bond donors (Lipinski definition) is 2. The van der Waals surface area contributed by atoms with Gasteiger partial charge >= 0.3 is 0 Å². The number of carbonyl (C=O) groups is 1. The highest BCUT2D eigenvalue weighted by Gasteiger charge is 2.20. The molecule has 0 bridgehead atoms. The zero-order valence-corrected chi connectivity index (χ0v) is 8.87. The lowest BCUT2D eigenvalue weighted by Crippen LogP contribution is -2.40. The minimum atomic E-state index is -0.460. The van der Waals surface area contributed by atoms with Gasteiger partial charge in [0.15, 0.2) is 0 Å². The number of nitrogens with zero attached hydrogens (tertiary/aromatic N) is 1. The molecule has 0 fully saturated rings. The Morgan fingerprint density at radius 2 is 2.29 bits per heavy atom. The van der Waals surface area contributed by atoms with E-state index in [0.29, 0.717) is 6.42 Å². The smallest absolute Gasteiger partial charge is 0.229 e. The highest BCUT2D eigenvalue weighted by atomic mass is 16.2. The largest absolute Gasteiger partial charge is 0.348 e. The second kappa shape index (κ2) is 3.84. The van der Waals surface area contributed by atoms with Crippen molar-refractivity contribution < 1.29 is 4.79 Å². The topological polar surface area (TPSA) is 62.1 Å². The zero-order valence-electron chi connectivity index (χ0n) is 8.87. The van der Waals surface area contributed by atoms with Gasteiger partial charge in [0.2, 0.25) is 5.91 Å². The second-order valence-corrected chi connectivity index (χ2v) is 4.17. The molecule has 1 aromatic rings. The van der Waals surface area contributed by atoms with E-state index in [-0.39, 0.29) is 5.91 Å². The number of hydrogen-bond acceptors (Lipinski definition) is 2. The Bertz CT molecular complexity index is 298. The molecule has 14 heavy (non-hydrogen) atoms. The van der Waals surface area contributed by atoms with E-state index < -0.39 is 5.54 Å². The molecule has 0 unspecified atom stereocenters. The molecular weight excluding hydrogens is 178 g/mol. The summed E-state index contributed by atoms with van der Waals surface area (Å²) in [6.07, 6.45) is 2.12. The molecule has 0 atom stereocenters. The molecule has 0 aromatic carbocycles. The first-order valence-electron chi connectivity index (χ1n) is 4.59. The number of nitrogens with one attached hydrogen (secondary N) is 1. The van der Waals surface area contributed by atoms with Crippen LogP contribution in [0.15, 0.2) is 18.3 Å². The molecule has 0 aliphatic carbocycles. The standard InChI is InChI=1S/C10H17N3O/c1-10(2,11)7-9(14)13(3)8-5-4-6-12-8/h4-6,12H,7,11H2,1-3H3. The van der Waals surface area contributed by atoms with Crippen LogP contribution < -0.4 is 10.6 Å². The van der Waals surface area contributed by atoms with E-state index in [1.165, 1.54) is 0 Å². The first kappa shape index (κ1) is 10.8. The van der Waals surface area contributed by atoms with Crippen molar-refractivity contribution in [3.63, 3.8) is 0 Å². The van der Waals surface area contributed by atoms with Crippen LogP contribution in [0.1, 0.15) is 20.3 Å². The van der Waals surface area contributed by atoms with Gasteiger partial charge in [-0.15, -0.1) is 0 Å². The summed E-state index contributed by atoms with van der Waals surface area (Å²) in [6.45, 7) is 3.68. The Kier molecular flexibility index (Phi) is 2.96. The summed E-state index contributed by atoms with van der Waals surface area (Å²) in [4.78, 5) is 16.2. The summed E-state index contributed by atoms with van der Waals surface area (Å²) in [5.74, 6) is 0.805. The number of carbonyl (C=O) groups excluding carboxylic acids is 1. The third-order valence-electron chi connectivity index (χ3n) is 1.92. The maximum atomic E-state index is 11.7. The quantitative estimate of drug-likeness (QED) is 0.758. The SMILES string of the molecule is CN(C(=O)CC(C)(C)N)c1ccc[nH]1. The molecule has 0 radical (unpaired) electrons. The van der Waals surface area contributed by atoms with E-state index in [1.807, 2.05) is 26.0 Å². The molecule has 1 aromatic heterocycles. The van der Waals surface area contributed by atoms with Crippen molar-refractivity contribution in [3.05, 3.63) is 18.3 Å². The van der Waals surface area contributed by atoms with Gasteiger partial charge in [0.25, 0.3) is 0 Å². The van der Waals surface area contributed by atoms with Crippen LogP contribution in [0.25, 0.3) is 0 Å². The number of nitrogens with two attached hydrogens (primary N) is 1. The van der Waals surface area contributed by atoms with Crippen LogP contribution in [0.2, 0.25) is 0 Å². The number of rotatable bonds is 3. The van der Waals surface area contributed by atoms with Gasteiger partial charge in [-0.2, -0.15) is 0 Å². The maximum absolute atomic E-state index is 11.7. The van der Waals surface area contributed by atoms with Gasteiger partial charge in [-0.05, 0) is 26.0 Å². The van der Waals surface area contributed by atoms with Crippen LogP contribution in [-0.2, 0) is 4.79 Å². The van der Waals surface area contributed by atoms with Crippen molar-refractivity contribution in [2.75, 3.05) is 11.9 Å². The van der Waals surface area contributed by atoms with Gasteiger partial charge in [-0.25, -0.2) is 0 Å². The predicted octanol–water partition coefficient (Wildman–Crippen LogP) is 1.10. The molecule has 0 saturated carbocycles. The first-order chi connectivity index (χ1) is 6.40. The van der Waals surface area contributed by atoms with Crippen LogP contribution in [0.5, 0.6) is 0 Å². The van der Waals surface area contributed by atoms with Crippen molar-refractivity contribution in [1.29, 1.82) is 0 Å². The molecule has 0 spiro atoms. The fraction of sp³-hybridized carbons (Fsp3) is 0.500. The van der Waals surface area contributed by atoms with Gasteiger partial charge in [-0.1, -0.05) is 0 Å². The van der Waals surface area contributed by atoms with E-state index in [2.05, 4.69) is 4.98 Å². The summed E-state index contributed by atoms with van der Waals surface area (Å²) in [5.41, 5.74) is 5.31. The Labute approximate surface area is 84.1 Å². The lowest BCUT2D eigenvalue weighted by atomic mass is 10.0. The molecule has 78 valence electrons. The molecule has 3 N–H and O–H groups in total. The van der Waals surface area contributed by atoms with Crippen molar-refractivity contribution in [3.8, 4) is 0 Å². The molecular formula is C10H17N3O. The summed E-state index contributed by atoms with van der Waals surface area (Å²) < 4.78 is 0. The van der Waals surface area contributed by atoms with Crippen molar-refractivity contribution >= 4 is 11.7 Å². The lowest BCUT2D eigenvalue weighted by molar-refractivity contribution is -0.119. The van der Waals surface area contributed by atoms with Crippen LogP contribution in [0.4, 0.5) is 5.82 Å². The average Bonchev–Trinajstić information content (AvgIpc) is 2.51. The Hall–Kier alpha value is -1.29. The van der Waals surface area contributed by atoms with E-state index >= 15 is 0 Å². The van der Waals surface area contributed by atoms with E-state index in [9.17, 15) is 4.79 Å². The van der Waals surface area contributed by atoms with Crippen molar-refractivity contribution in [1.82, 2.24) is 4.98 Å². The number of aromatic nitrogens is 1. The number of H-pyrrole nitrogens is 1. The molecule has 1 rings (SSSR count). The van der Waals surface area contributed by atoms with Crippen molar-refractivity contribution in [2.45, 2.75) is 25.8 Å². The first-order valence-corrected chi connectivity index (χ1v) is 4.59. The molecule has 0 aliphatic rings. The average molecular weight is 195 g/mol. The van der Waals surface area contributed by atoms with Gasteiger partial charge in [0.05, 0.1) is 0 Å². The van der Waals surface area contributed by atoms with Gasteiger partial charge in [-0.3, -0.25) is 4.79 Å². The molecule has 0 aliphatic heterocycles. The Morgan fingerprint density at radius 3 is 2.71 bits per heavy atom. The molecule has 4 heteroatoms. The van der Waals surface area contributed by atoms with Gasteiger partial charge in [0, 0.05) is 25.2 Å². The lowest BCUT2D eigenvalue weighted by Gasteiger charge is -2.22. The highest BCUT2D eigenvalue weighted by molar-refractivity contribution is 5.92.